The highest BCUT2D eigenvalue weighted by Gasteiger charge is 2.23. The van der Waals surface area contributed by atoms with Crippen LogP contribution in [0.5, 0.6) is 11.5 Å². The third kappa shape index (κ3) is 4.65. The fraction of sp³-hybridized carbons (Fsp3) is 0.0357. The standard InChI is InChI=1S/C28H19N3O6/c1-36-22-6-2-19(3-7-22)27(32)26-17-24(28(33)37-23-8-4-21(5-9-23)31(34)35)25-16-20(12-15-30(25)26)18-10-13-29-14-11-18/h2-17H,1H3. The maximum Gasteiger partial charge on any atom is 0.345 e. The molecule has 9 nitrogen and oxygen atoms in total. The van der Waals surface area contributed by atoms with Crippen LogP contribution < -0.4 is 9.47 Å². The molecule has 3 aromatic heterocycles. The molecular formula is C28H19N3O6. The lowest BCUT2D eigenvalue weighted by Gasteiger charge is -2.07. The van der Waals surface area contributed by atoms with Crippen LogP contribution in [0.2, 0.25) is 0 Å². The Morgan fingerprint density at radius 1 is 0.865 bits per heavy atom. The molecule has 2 aromatic carbocycles. The van der Waals surface area contributed by atoms with Gasteiger partial charge in [-0.15, -0.1) is 0 Å². The molecule has 37 heavy (non-hydrogen) atoms. The van der Waals surface area contributed by atoms with Crippen LogP contribution in [0.1, 0.15) is 26.4 Å². The Morgan fingerprint density at radius 2 is 1.54 bits per heavy atom. The zero-order chi connectivity index (χ0) is 25.9. The summed E-state index contributed by atoms with van der Waals surface area (Å²) in [5, 5.41) is 10.9. The number of non-ortho nitro benzene ring substituents is 1. The summed E-state index contributed by atoms with van der Waals surface area (Å²) in [4.78, 5) is 41.1. The maximum absolute atomic E-state index is 13.4. The molecule has 0 radical (unpaired) electrons. The van der Waals surface area contributed by atoms with Gasteiger partial charge in [0.1, 0.15) is 11.5 Å². The predicted molar refractivity (Wildman–Crippen MR) is 135 cm³/mol. The number of benzene rings is 2. The number of aromatic nitrogens is 2. The smallest absolute Gasteiger partial charge is 0.345 e. The first kappa shape index (κ1) is 23.4. The van der Waals surface area contributed by atoms with Crippen molar-refractivity contribution in [1.82, 2.24) is 9.38 Å². The van der Waals surface area contributed by atoms with E-state index < -0.39 is 10.9 Å². The number of nitro groups is 1. The number of rotatable bonds is 7. The molecule has 0 bridgehead atoms. The summed E-state index contributed by atoms with van der Waals surface area (Å²) >= 11 is 0. The van der Waals surface area contributed by atoms with Gasteiger partial charge in [-0.3, -0.25) is 19.9 Å². The van der Waals surface area contributed by atoms with Crippen molar-refractivity contribution < 1.29 is 24.0 Å². The number of pyridine rings is 2. The molecule has 5 aromatic rings. The van der Waals surface area contributed by atoms with E-state index in [2.05, 4.69) is 4.98 Å². The van der Waals surface area contributed by atoms with Crippen molar-refractivity contribution in [3.63, 3.8) is 0 Å². The van der Waals surface area contributed by atoms with Gasteiger partial charge in [-0.1, -0.05) is 0 Å². The SMILES string of the molecule is COc1ccc(C(=O)c2cc(C(=O)Oc3ccc([N+](=O)[O-])cc3)c3cc(-c4ccncc4)ccn23)cc1. The van der Waals surface area contributed by atoms with Gasteiger partial charge in [-0.25, -0.2) is 4.79 Å². The van der Waals surface area contributed by atoms with Gasteiger partial charge in [0.05, 0.1) is 28.8 Å². The molecule has 0 amide bonds. The summed E-state index contributed by atoms with van der Waals surface area (Å²) in [6.45, 7) is 0. The molecule has 9 heteroatoms. The minimum atomic E-state index is -0.702. The van der Waals surface area contributed by atoms with Crippen molar-refractivity contribution in [3.8, 4) is 22.6 Å². The molecule has 0 fully saturated rings. The highest BCUT2D eigenvalue weighted by molar-refractivity contribution is 6.11. The summed E-state index contributed by atoms with van der Waals surface area (Å²) in [7, 11) is 1.54. The van der Waals surface area contributed by atoms with Crippen molar-refractivity contribution in [3.05, 3.63) is 124 Å². The van der Waals surface area contributed by atoms with Gasteiger partial charge in [0.2, 0.25) is 5.78 Å². The van der Waals surface area contributed by atoms with Gasteiger partial charge in [-0.05, 0) is 77.9 Å². The minimum absolute atomic E-state index is 0.122. The first-order valence-corrected chi connectivity index (χ1v) is 11.2. The fourth-order valence-electron chi connectivity index (χ4n) is 3.95. The Balaban J connectivity index is 1.58. The first-order chi connectivity index (χ1) is 17.9. The summed E-state index contributed by atoms with van der Waals surface area (Å²) in [5.74, 6) is -0.232. The van der Waals surface area contributed by atoms with E-state index in [0.717, 1.165) is 11.1 Å². The molecule has 0 aliphatic rings. The average Bonchev–Trinajstić information content (AvgIpc) is 3.32. The van der Waals surface area contributed by atoms with Crippen molar-refractivity contribution in [2.75, 3.05) is 7.11 Å². The Labute approximate surface area is 210 Å². The number of hydrogen-bond donors (Lipinski definition) is 0. The highest BCUT2D eigenvalue weighted by atomic mass is 16.6. The van der Waals surface area contributed by atoms with E-state index in [9.17, 15) is 19.7 Å². The monoisotopic (exact) mass is 493 g/mol. The van der Waals surface area contributed by atoms with Crippen LogP contribution in [0, 0.1) is 10.1 Å². The molecule has 0 saturated heterocycles. The zero-order valence-electron chi connectivity index (χ0n) is 19.5. The van der Waals surface area contributed by atoms with Gasteiger partial charge in [0.15, 0.2) is 0 Å². The topological polar surface area (TPSA) is 113 Å². The van der Waals surface area contributed by atoms with E-state index in [1.165, 1.54) is 30.3 Å². The number of esters is 1. The van der Waals surface area contributed by atoms with Crippen LogP contribution in [-0.4, -0.2) is 33.2 Å². The van der Waals surface area contributed by atoms with E-state index >= 15 is 0 Å². The average molecular weight is 493 g/mol. The minimum Gasteiger partial charge on any atom is -0.497 e. The van der Waals surface area contributed by atoms with Gasteiger partial charge >= 0.3 is 5.97 Å². The Kier molecular flexibility index (Phi) is 6.17. The summed E-state index contributed by atoms with van der Waals surface area (Å²) in [6, 6.07) is 20.7. The number of ether oxygens (including phenoxy) is 2. The maximum atomic E-state index is 13.4. The molecule has 3 heterocycles. The van der Waals surface area contributed by atoms with Gasteiger partial charge in [-0.2, -0.15) is 0 Å². The van der Waals surface area contributed by atoms with Crippen molar-refractivity contribution in [2.24, 2.45) is 0 Å². The highest BCUT2D eigenvalue weighted by Crippen LogP contribution is 2.28. The molecule has 182 valence electrons. The number of carbonyl (C=O) groups excluding carboxylic acids is 2. The number of fused-ring (bicyclic) bond motifs is 1. The third-order valence-electron chi connectivity index (χ3n) is 5.85. The second kappa shape index (κ2) is 9.74. The van der Waals surface area contributed by atoms with Gasteiger partial charge in [0.25, 0.3) is 5.69 Å². The normalized spacial score (nSPS) is 10.7. The van der Waals surface area contributed by atoms with E-state index in [1.807, 2.05) is 18.2 Å². The van der Waals surface area contributed by atoms with Crippen LogP contribution in [-0.2, 0) is 0 Å². The zero-order valence-corrected chi connectivity index (χ0v) is 19.5. The van der Waals surface area contributed by atoms with Crippen molar-refractivity contribution in [2.45, 2.75) is 0 Å². The summed E-state index contributed by atoms with van der Waals surface area (Å²) < 4.78 is 12.3. The van der Waals surface area contributed by atoms with E-state index in [1.54, 1.807) is 60.4 Å². The van der Waals surface area contributed by atoms with Gasteiger partial charge < -0.3 is 13.9 Å². The van der Waals surface area contributed by atoms with E-state index in [4.69, 9.17) is 9.47 Å². The lowest BCUT2D eigenvalue weighted by Crippen LogP contribution is -2.08. The second-order valence-corrected chi connectivity index (χ2v) is 8.05. The van der Waals surface area contributed by atoms with Crippen LogP contribution in [0.15, 0.2) is 97.5 Å². The Bertz CT molecular complexity index is 1630. The van der Waals surface area contributed by atoms with Gasteiger partial charge in [0, 0.05) is 36.3 Å². The molecule has 0 saturated carbocycles. The number of hydrogen-bond acceptors (Lipinski definition) is 7. The van der Waals surface area contributed by atoms with Crippen LogP contribution in [0.25, 0.3) is 16.6 Å². The number of ketones is 1. The third-order valence-corrected chi connectivity index (χ3v) is 5.85. The Hall–Kier alpha value is -5.31. The molecule has 0 aliphatic heterocycles. The molecule has 0 atom stereocenters. The molecule has 5 rings (SSSR count). The number of carbonyl (C=O) groups is 2. The first-order valence-electron chi connectivity index (χ1n) is 11.2. The van der Waals surface area contributed by atoms with Crippen molar-refractivity contribution in [1.29, 1.82) is 0 Å². The lowest BCUT2D eigenvalue weighted by molar-refractivity contribution is -0.384. The predicted octanol–water partition coefficient (Wildman–Crippen LogP) is 5.37. The van der Waals surface area contributed by atoms with Crippen LogP contribution in [0.3, 0.4) is 0 Å². The molecule has 0 spiro atoms. The summed E-state index contributed by atoms with van der Waals surface area (Å²) in [6.07, 6.45) is 5.06. The number of methoxy groups -OCH3 is 1. The quantitative estimate of drug-likeness (QED) is 0.0985. The Morgan fingerprint density at radius 3 is 2.19 bits per heavy atom. The van der Waals surface area contributed by atoms with E-state index in [-0.39, 0.29) is 28.5 Å². The summed E-state index contributed by atoms with van der Waals surface area (Å²) in [5.41, 5.74) is 2.93. The fourth-order valence-corrected chi connectivity index (χ4v) is 3.95. The molecule has 0 aliphatic carbocycles. The largest absolute Gasteiger partial charge is 0.497 e. The molecule has 0 N–H and O–H groups in total. The second-order valence-electron chi connectivity index (χ2n) is 8.05. The van der Waals surface area contributed by atoms with Crippen LogP contribution >= 0.6 is 0 Å². The van der Waals surface area contributed by atoms with E-state index in [0.29, 0.717) is 16.8 Å². The van der Waals surface area contributed by atoms with Crippen molar-refractivity contribution >= 4 is 23.0 Å². The number of nitro benzene ring substituents is 1. The number of nitrogens with zero attached hydrogens (tertiary/aromatic N) is 3. The lowest BCUT2D eigenvalue weighted by atomic mass is 10.1. The molecular weight excluding hydrogens is 474 g/mol. The van der Waals surface area contributed by atoms with Crippen LogP contribution in [0.4, 0.5) is 5.69 Å². The molecule has 0 unspecified atom stereocenters.